The van der Waals surface area contributed by atoms with Gasteiger partial charge in [-0.2, -0.15) is 5.10 Å². The molecule has 0 saturated carbocycles. The highest BCUT2D eigenvalue weighted by molar-refractivity contribution is 5.12. The highest BCUT2D eigenvalue weighted by Crippen LogP contribution is 2.07. The van der Waals surface area contributed by atoms with Gasteiger partial charge in [0.25, 0.3) is 0 Å². The SMILES string of the molecule is Cn1cc(OCCc2cccnc2)cn1. The van der Waals surface area contributed by atoms with E-state index in [0.717, 1.165) is 12.2 Å². The molecule has 0 aliphatic rings. The lowest BCUT2D eigenvalue weighted by molar-refractivity contribution is 0.321. The Morgan fingerprint density at radius 3 is 3.00 bits per heavy atom. The molecule has 2 aromatic heterocycles. The van der Waals surface area contributed by atoms with Crippen molar-refractivity contribution in [1.82, 2.24) is 14.8 Å². The fraction of sp³-hybridized carbons (Fsp3) is 0.273. The fourth-order valence-electron chi connectivity index (χ4n) is 1.31. The average molecular weight is 203 g/mol. The summed E-state index contributed by atoms with van der Waals surface area (Å²) in [6, 6.07) is 3.97. The standard InChI is InChI=1S/C11H13N3O/c1-14-9-11(8-13-14)15-6-4-10-3-2-5-12-7-10/h2-3,5,7-9H,4,6H2,1H3. The zero-order valence-electron chi connectivity index (χ0n) is 8.63. The van der Waals surface area contributed by atoms with Gasteiger partial charge in [0.05, 0.1) is 19.0 Å². The summed E-state index contributed by atoms with van der Waals surface area (Å²) < 4.78 is 7.24. The molecule has 0 unspecified atom stereocenters. The molecule has 0 amide bonds. The first-order chi connectivity index (χ1) is 7.34. The van der Waals surface area contributed by atoms with Crippen molar-refractivity contribution in [3.8, 4) is 5.75 Å². The predicted octanol–water partition coefficient (Wildman–Crippen LogP) is 1.44. The van der Waals surface area contributed by atoms with Crippen molar-refractivity contribution in [2.75, 3.05) is 6.61 Å². The van der Waals surface area contributed by atoms with E-state index in [4.69, 9.17) is 4.74 Å². The van der Waals surface area contributed by atoms with Gasteiger partial charge in [-0.15, -0.1) is 0 Å². The van der Waals surface area contributed by atoms with Crippen LogP contribution in [-0.4, -0.2) is 21.4 Å². The van der Waals surface area contributed by atoms with Gasteiger partial charge in [0.15, 0.2) is 5.75 Å². The van der Waals surface area contributed by atoms with Gasteiger partial charge in [0.1, 0.15) is 0 Å². The highest BCUT2D eigenvalue weighted by atomic mass is 16.5. The molecular formula is C11H13N3O. The summed E-state index contributed by atoms with van der Waals surface area (Å²) >= 11 is 0. The maximum atomic E-state index is 5.52. The molecule has 0 aromatic carbocycles. The predicted molar refractivity (Wildman–Crippen MR) is 56.6 cm³/mol. The maximum absolute atomic E-state index is 5.52. The van der Waals surface area contributed by atoms with Gasteiger partial charge in [-0.25, -0.2) is 0 Å². The van der Waals surface area contributed by atoms with Gasteiger partial charge < -0.3 is 4.74 Å². The van der Waals surface area contributed by atoms with Gasteiger partial charge in [-0.05, 0) is 11.6 Å². The van der Waals surface area contributed by atoms with Crippen molar-refractivity contribution in [3.05, 3.63) is 42.5 Å². The van der Waals surface area contributed by atoms with Crippen LogP contribution in [0.4, 0.5) is 0 Å². The zero-order valence-corrected chi connectivity index (χ0v) is 8.63. The summed E-state index contributed by atoms with van der Waals surface area (Å²) in [5.74, 6) is 0.807. The summed E-state index contributed by atoms with van der Waals surface area (Å²) in [5, 5.41) is 4.02. The number of hydrogen-bond acceptors (Lipinski definition) is 3. The van der Waals surface area contributed by atoms with Crippen molar-refractivity contribution >= 4 is 0 Å². The third kappa shape index (κ3) is 2.80. The molecule has 4 heteroatoms. The second-order valence-electron chi connectivity index (χ2n) is 3.31. The van der Waals surface area contributed by atoms with E-state index in [1.54, 1.807) is 17.1 Å². The van der Waals surface area contributed by atoms with E-state index >= 15 is 0 Å². The lowest BCUT2D eigenvalue weighted by Gasteiger charge is -2.02. The molecule has 0 saturated heterocycles. The van der Waals surface area contributed by atoms with E-state index in [0.29, 0.717) is 6.61 Å². The quantitative estimate of drug-likeness (QED) is 0.754. The largest absolute Gasteiger partial charge is 0.490 e. The molecule has 2 rings (SSSR count). The summed E-state index contributed by atoms with van der Waals surface area (Å²) in [6.45, 7) is 0.650. The molecule has 15 heavy (non-hydrogen) atoms. The molecule has 0 bridgehead atoms. The average Bonchev–Trinajstić information content (AvgIpc) is 2.66. The van der Waals surface area contributed by atoms with Crippen LogP contribution in [0.2, 0.25) is 0 Å². The summed E-state index contributed by atoms with van der Waals surface area (Å²) in [5.41, 5.74) is 1.18. The Bertz CT molecular complexity index is 411. The Hall–Kier alpha value is -1.84. The Morgan fingerprint density at radius 2 is 2.33 bits per heavy atom. The molecule has 0 spiro atoms. The number of rotatable bonds is 4. The number of hydrogen-bond donors (Lipinski definition) is 0. The normalized spacial score (nSPS) is 10.2. The van der Waals surface area contributed by atoms with E-state index in [-0.39, 0.29) is 0 Å². The van der Waals surface area contributed by atoms with Crippen LogP contribution in [0.5, 0.6) is 5.75 Å². The minimum absolute atomic E-state index is 0.650. The van der Waals surface area contributed by atoms with Crippen LogP contribution in [0.15, 0.2) is 36.9 Å². The second kappa shape index (κ2) is 4.59. The zero-order chi connectivity index (χ0) is 10.5. The third-order valence-electron chi connectivity index (χ3n) is 2.06. The molecule has 2 aromatic rings. The molecule has 0 atom stereocenters. The molecule has 0 aliphatic heterocycles. The first-order valence-corrected chi connectivity index (χ1v) is 4.85. The molecule has 4 nitrogen and oxygen atoms in total. The smallest absolute Gasteiger partial charge is 0.157 e. The lowest BCUT2D eigenvalue weighted by atomic mass is 10.2. The third-order valence-corrected chi connectivity index (χ3v) is 2.06. The van der Waals surface area contributed by atoms with Crippen LogP contribution < -0.4 is 4.74 Å². The molecule has 2 heterocycles. The van der Waals surface area contributed by atoms with Gasteiger partial charge in [0.2, 0.25) is 0 Å². The molecule has 0 aliphatic carbocycles. The van der Waals surface area contributed by atoms with E-state index in [2.05, 4.69) is 10.1 Å². The highest BCUT2D eigenvalue weighted by Gasteiger charge is 1.97. The summed E-state index contributed by atoms with van der Waals surface area (Å²) in [7, 11) is 1.87. The lowest BCUT2D eigenvalue weighted by Crippen LogP contribution is -2.00. The van der Waals surface area contributed by atoms with Crippen molar-refractivity contribution in [3.63, 3.8) is 0 Å². The van der Waals surface area contributed by atoms with Crippen molar-refractivity contribution < 1.29 is 4.74 Å². The molecule has 0 N–H and O–H groups in total. The Morgan fingerprint density at radius 1 is 1.40 bits per heavy atom. The molecule has 0 radical (unpaired) electrons. The minimum atomic E-state index is 0.650. The van der Waals surface area contributed by atoms with Gasteiger partial charge >= 0.3 is 0 Å². The number of aromatic nitrogens is 3. The van der Waals surface area contributed by atoms with E-state index in [9.17, 15) is 0 Å². The van der Waals surface area contributed by atoms with Crippen molar-refractivity contribution in [2.45, 2.75) is 6.42 Å². The topological polar surface area (TPSA) is 39.9 Å². The monoisotopic (exact) mass is 203 g/mol. The summed E-state index contributed by atoms with van der Waals surface area (Å²) in [4.78, 5) is 4.04. The Labute approximate surface area is 88.5 Å². The van der Waals surface area contributed by atoms with Crippen LogP contribution in [0, 0.1) is 0 Å². The first-order valence-electron chi connectivity index (χ1n) is 4.85. The van der Waals surface area contributed by atoms with Crippen LogP contribution in [0.25, 0.3) is 0 Å². The number of nitrogens with zero attached hydrogens (tertiary/aromatic N) is 3. The number of pyridine rings is 1. The van der Waals surface area contributed by atoms with Crippen LogP contribution in [-0.2, 0) is 13.5 Å². The van der Waals surface area contributed by atoms with Gasteiger partial charge in [-0.1, -0.05) is 6.07 Å². The second-order valence-corrected chi connectivity index (χ2v) is 3.31. The maximum Gasteiger partial charge on any atom is 0.157 e. The van der Waals surface area contributed by atoms with Crippen LogP contribution >= 0.6 is 0 Å². The number of ether oxygens (including phenoxy) is 1. The minimum Gasteiger partial charge on any atom is -0.490 e. The fourth-order valence-corrected chi connectivity index (χ4v) is 1.31. The molecule has 0 fully saturated rings. The van der Waals surface area contributed by atoms with E-state index in [1.807, 2.05) is 31.6 Å². The van der Waals surface area contributed by atoms with E-state index in [1.165, 1.54) is 5.56 Å². The Balaban J connectivity index is 1.80. The van der Waals surface area contributed by atoms with Gasteiger partial charge in [-0.3, -0.25) is 9.67 Å². The summed E-state index contributed by atoms with van der Waals surface area (Å²) in [6.07, 6.45) is 8.05. The van der Waals surface area contributed by atoms with E-state index < -0.39 is 0 Å². The van der Waals surface area contributed by atoms with Crippen LogP contribution in [0.1, 0.15) is 5.56 Å². The van der Waals surface area contributed by atoms with Crippen molar-refractivity contribution in [1.29, 1.82) is 0 Å². The molecular weight excluding hydrogens is 190 g/mol. The first kappa shape index (κ1) is 9.71. The number of aryl methyl sites for hydroxylation is 1. The van der Waals surface area contributed by atoms with Crippen LogP contribution in [0.3, 0.4) is 0 Å². The molecule has 78 valence electrons. The van der Waals surface area contributed by atoms with Crippen molar-refractivity contribution in [2.24, 2.45) is 7.05 Å². The van der Waals surface area contributed by atoms with Gasteiger partial charge in [0, 0.05) is 25.9 Å². The Kier molecular flexibility index (Phi) is 2.97.